The fraction of sp³-hybridized carbons (Fsp3) is 0.600. The summed E-state index contributed by atoms with van der Waals surface area (Å²) in [6.07, 6.45) is 1.03. The van der Waals surface area contributed by atoms with E-state index in [0.29, 0.717) is 5.92 Å². The Morgan fingerprint density at radius 3 is 2.47 bits per heavy atom. The van der Waals surface area contributed by atoms with Crippen molar-refractivity contribution in [2.75, 3.05) is 0 Å². The summed E-state index contributed by atoms with van der Waals surface area (Å²) in [6.45, 7) is 2.26. The molecule has 1 aromatic carbocycles. The maximum Gasteiger partial charge on any atom is 0.573 e. The Labute approximate surface area is 111 Å². The maximum atomic E-state index is 12.2. The van der Waals surface area contributed by atoms with Crippen LogP contribution in [-0.2, 0) is 6.42 Å². The van der Waals surface area contributed by atoms with Gasteiger partial charge in [-0.05, 0) is 48.8 Å². The van der Waals surface area contributed by atoms with Gasteiger partial charge in [0, 0.05) is 0 Å². The Kier molecular flexibility index (Phi) is 4.38. The van der Waals surface area contributed by atoms with E-state index in [4.69, 9.17) is 0 Å². The number of rotatable bonds is 3. The summed E-state index contributed by atoms with van der Waals surface area (Å²) in [6, 6.07) is 6.36. The molecule has 0 aromatic heterocycles. The van der Waals surface area contributed by atoms with Gasteiger partial charge >= 0.3 is 6.36 Å². The summed E-state index contributed by atoms with van der Waals surface area (Å²) in [5.41, 5.74) is 0.932. The number of benzene rings is 1. The third-order valence-corrected chi connectivity index (χ3v) is 3.79. The predicted molar refractivity (Wildman–Crippen MR) is 68.0 cm³/mol. The first-order chi connectivity index (χ1) is 8.92. The quantitative estimate of drug-likeness (QED) is 0.756. The van der Waals surface area contributed by atoms with E-state index >= 15 is 0 Å². The average Bonchev–Trinajstić information content (AvgIpc) is 2.30. The van der Waals surface area contributed by atoms with Gasteiger partial charge in [-0.3, -0.25) is 0 Å². The molecule has 0 amide bonds. The highest BCUT2D eigenvalue weighted by Gasteiger charge is 2.31. The SMILES string of the molecule is CC1CCC(Cc2cccc(OC(F)(F)F)c2)CC1. The zero-order valence-electron chi connectivity index (χ0n) is 11.0. The first-order valence-electron chi connectivity index (χ1n) is 6.77. The van der Waals surface area contributed by atoms with Crippen molar-refractivity contribution in [2.45, 2.75) is 45.4 Å². The fourth-order valence-electron chi connectivity index (χ4n) is 2.74. The van der Waals surface area contributed by atoms with Gasteiger partial charge in [0.2, 0.25) is 0 Å². The van der Waals surface area contributed by atoms with Crippen LogP contribution in [0.5, 0.6) is 5.75 Å². The lowest BCUT2D eigenvalue weighted by Crippen LogP contribution is -2.17. The van der Waals surface area contributed by atoms with Gasteiger partial charge in [0.1, 0.15) is 5.75 Å². The largest absolute Gasteiger partial charge is 0.573 e. The Balaban J connectivity index is 1.95. The van der Waals surface area contributed by atoms with Gasteiger partial charge in [0.25, 0.3) is 0 Å². The molecule has 0 unspecified atom stereocenters. The number of alkyl halides is 3. The van der Waals surface area contributed by atoms with Crippen LogP contribution in [0.25, 0.3) is 0 Å². The lowest BCUT2D eigenvalue weighted by molar-refractivity contribution is -0.274. The minimum absolute atomic E-state index is 0.117. The van der Waals surface area contributed by atoms with Crippen molar-refractivity contribution < 1.29 is 17.9 Å². The van der Waals surface area contributed by atoms with Gasteiger partial charge in [-0.1, -0.05) is 31.9 Å². The minimum Gasteiger partial charge on any atom is -0.406 e. The van der Waals surface area contributed by atoms with Crippen LogP contribution in [0.4, 0.5) is 13.2 Å². The summed E-state index contributed by atoms with van der Waals surface area (Å²) in [4.78, 5) is 0. The molecule has 1 aromatic rings. The lowest BCUT2D eigenvalue weighted by Gasteiger charge is -2.26. The Morgan fingerprint density at radius 1 is 1.16 bits per heavy atom. The van der Waals surface area contributed by atoms with E-state index in [1.807, 2.05) is 6.07 Å². The Morgan fingerprint density at radius 2 is 1.84 bits per heavy atom. The maximum absolute atomic E-state index is 12.2. The van der Waals surface area contributed by atoms with Crippen LogP contribution < -0.4 is 4.74 Å². The number of hydrogen-bond acceptors (Lipinski definition) is 1. The molecule has 1 saturated carbocycles. The van der Waals surface area contributed by atoms with E-state index in [0.717, 1.165) is 17.9 Å². The molecule has 2 rings (SSSR count). The first-order valence-corrected chi connectivity index (χ1v) is 6.77. The lowest BCUT2D eigenvalue weighted by atomic mass is 9.80. The molecule has 106 valence electrons. The summed E-state index contributed by atoms with van der Waals surface area (Å²) < 4.78 is 40.4. The van der Waals surface area contributed by atoms with Crippen LogP contribution in [0.1, 0.15) is 38.2 Å². The van der Waals surface area contributed by atoms with Crippen molar-refractivity contribution in [3.63, 3.8) is 0 Å². The van der Waals surface area contributed by atoms with Gasteiger partial charge in [0.05, 0.1) is 0 Å². The molecular formula is C15H19F3O. The van der Waals surface area contributed by atoms with Crippen LogP contribution in [0.3, 0.4) is 0 Å². The zero-order valence-corrected chi connectivity index (χ0v) is 11.0. The second-order valence-corrected chi connectivity index (χ2v) is 5.53. The second-order valence-electron chi connectivity index (χ2n) is 5.53. The molecule has 0 bridgehead atoms. The number of ether oxygens (including phenoxy) is 1. The van der Waals surface area contributed by atoms with Gasteiger partial charge in [-0.25, -0.2) is 0 Å². The highest BCUT2D eigenvalue weighted by Crippen LogP contribution is 2.31. The minimum atomic E-state index is -4.61. The number of halogens is 3. The normalized spacial score (nSPS) is 24.2. The molecule has 0 heterocycles. The first kappa shape index (κ1) is 14.2. The molecule has 4 heteroatoms. The smallest absolute Gasteiger partial charge is 0.406 e. The molecule has 1 nitrogen and oxygen atoms in total. The molecule has 0 atom stereocenters. The van der Waals surface area contributed by atoms with Crippen molar-refractivity contribution >= 4 is 0 Å². The average molecular weight is 272 g/mol. The standard InChI is InChI=1S/C15H19F3O/c1-11-5-7-12(8-6-11)9-13-3-2-4-14(10-13)19-15(16,17)18/h2-4,10-12H,5-9H2,1H3. The summed E-state index contributed by atoms with van der Waals surface area (Å²) >= 11 is 0. The van der Waals surface area contributed by atoms with Crippen LogP contribution in [0, 0.1) is 11.8 Å². The topological polar surface area (TPSA) is 9.23 Å². The molecule has 0 aliphatic heterocycles. The summed E-state index contributed by atoms with van der Waals surface area (Å²) in [5, 5.41) is 0. The van der Waals surface area contributed by atoms with Crippen LogP contribution in [0.15, 0.2) is 24.3 Å². The van der Waals surface area contributed by atoms with Crippen LogP contribution >= 0.6 is 0 Å². The highest BCUT2D eigenvalue weighted by atomic mass is 19.4. The van der Waals surface area contributed by atoms with Gasteiger partial charge in [0.15, 0.2) is 0 Å². The number of hydrogen-bond donors (Lipinski definition) is 0. The third kappa shape index (κ3) is 4.77. The molecule has 0 spiro atoms. The molecule has 0 N–H and O–H groups in total. The van der Waals surface area contributed by atoms with E-state index in [2.05, 4.69) is 11.7 Å². The Bertz CT molecular complexity index is 406. The van der Waals surface area contributed by atoms with Gasteiger partial charge in [-0.2, -0.15) is 0 Å². The summed E-state index contributed by atoms with van der Waals surface area (Å²) in [5.74, 6) is 1.27. The van der Waals surface area contributed by atoms with E-state index in [-0.39, 0.29) is 5.75 Å². The van der Waals surface area contributed by atoms with Crippen LogP contribution in [-0.4, -0.2) is 6.36 Å². The monoisotopic (exact) mass is 272 g/mol. The fourth-order valence-corrected chi connectivity index (χ4v) is 2.74. The molecule has 1 aliphatic rings. The van der Waals surface area contributed by atoms with Crippen LogP contribution in [0.2, 0.25) is 0 Å². The second kappa shape index (κ2) is 5.85. The van der Waals surface area contributed by atoms with Crippen molar-refractivity contribution in [2.24, 2.45) is 11.8 Å². The van der Waals surface area contributed by atoms with Crippen molar-refractivity contribution in [1.29, 1.82) is 0 Å². The Hall–Kier alpha value is -1.19. The molecular weight excluding hydrogens is 253 g/mol. The molecule has 0 radical (unpaired) electrons. The molecule has 19 heavy (non-hydrogen) atoms. The van der Waals surface area contributed by atoms with Crippen molar-refractivity contribution in [3.05, 3.63) is 29.8 Å². The molecule has 1 fully saturated rings. The summed E-state index contributed by atoms with van der Waals surface area (Å²) in [7, 11) is 0. The van der Waals surface area contributed by atoms with Gasteiger partial charge < -0.3 is 4.74 Å². The third-order valence-electron chi connectivity index (χ3n) is 3.79. The van der Waals surface area contributed by atoms with Crippen molar-refractivity contribution in [3.8, 4) is 5.75 Å². The van der Waals surface area contributed by atoms with E-state index in [1.54, 1.807) is 6.07 Å². The molecule has 0 saturated heterocycles. The van der Waals surface area contributed by atoms with E-state index < -0.39 is 6.36 Å². The zero-order chi connectivity index (χ0) is 13.9. The van der Waals surface area contributed by atoms with E-state index in [9.17, 15) is 13.2 Å². The predicted octanol–water partition coefficient (Wildman–Crippen LogP) is 4.95. The van der Waals surface area contributed by atoms with Crippen molar-refractivity contribution in [1.82, 2.24) is 0 Å². The van der Waals surface area contributed by atoms with Gasteiger partial charge in [-0.15, -0.1) is 13.2 Å². The molecule has 1 aliphatic carbocycles. The van der Waals surface area contributed by atoms with E-state index in [1.165, 1.54) is 37.8 Å². The highest BCUT2D eigenvalue weighted by molar-refractivity contribution is 5.29.